The molecule has 1 heterocycles. The number of aliphatic hydroxyl groups excluding tert-OH is 1. The van der Waals surface area contributed by atoms with Gasteiger partial charge in [0.1, 0.15) is 0 Å². The Morgan fingerprint density at radius 3 is 2.83 bits per heavy atom. The molecule has 5 nitrogen and oxygen atoms in total. The summed E-state index contributed by atoms with van der Waals surface area (Å²) in [5, 5.41) is 11.2. The summed E-state index contributed by atoms with van der Waals surface area (Å²) >= 11 is 0. The molecule has 0 spiro atoms. The van der Waals surface area contributed by atoms with E-state index in [2.05, 4.69) is 5.10 Å². The van der Waals surface area contributed by atoms with E-state index in [-0.39, 0.29) is 17.7 Å². The van der Waals surface area contributed by atoms with Crippen LogP contribution < -0.4 is 11.1 Å². The summed E-state index contributed by atoms with van der Waals surface area (Å²) in [6.45, 7) is 1.65. The Kier molecular flexibility index (Phi) is 2.44. The van der Waals surface area contributed by atoms with E-state index in [0.717, 1.165) is 10.7 Å². The van der Waals surface area contributed by atoms with Crippen molar-refractivity contribution in [2.75, 3.05) is 0 Å². The molecule has 0 aromatic carbocycles. The second-order valence-electron chi connectivity index (χ2n) is 2.61. The molecule has 5 heteroatoms. The highest BCUT2D eigenvalue weighted by atomic mass is 16.3. The minimum atomic E-state index is -0.652. The summed E-state index contributed by atoms with van der Waals surface area (Å²) in [4.78, 5) is 21.7. The third-order valence-corrected chi connectivity index (χ3v) is 1.34. The number of H-pyrrole nitrogens is 1. The van der Waals surface area contributed by atoms with Crippen LogP contribution in [0.5, 0.6) is 0 Å². The lowest BCUT2D eigenvalue weighted by atomic mass is 10.4. The highest BCUT2D eigenvalue weighted by Crippen LogP contribution is 1.81. The Morgan fingerprint density at radius 2 is 2.25 bits per heavy atom. The van der Waals surface area contributed by atoms with Gasteiger partial charge in [-0.05, 0) is 6.92 Å². The smallest absolute Gasteiger partial charge is 0.265 e. The van der Waals surface area contributed by atoms with Crippen LogP contribution in [-0.4, -0.2) is 21.0 Å². The van der Waals surface area contributed by atoms with Gasteiger partial charge in [-0.1, -0.05) is 0 Å². The van der Waals surface area contributed by atoms with Crippen LogP contribution in [0.3, 0.4) is 0 Å². The van der Waals surface area contributed by atoms with Gasteiger partial charge >= 0.3 is 0 Å². The minimum Gasteiger partial charge on any atom is -0.391 e. The van der Waals surface area contributed by atoms with Crippen LogP contribution in [0.15, 0.2) is 21.7 Å². The number of aromatic amines is 1. The lowest BCUT2D eigenvalue weighted by Crippen LogP contribution is -2.31. The van der Waals surface area contributed by atoms with Gasteiger partial charge in [0.15, 0.2) is 0 Å². The van der Waals surface area contributed by atoms with E-state index >= 15 is 0 Å². The second-order valence-corrected chi connectivity index (χ2v) is 2.61. The molecule has 0 amide bonds. The maximum atomic E-state index is 11.0. The number of nitrogens with one attached hydrogen (secondary N) is 1. The van der Waals surface area contributed by atoms with E-state index in [9.17, 15) is 9.59 Å². The average Bonchev–Trinajstić information content (AvgIpc) is 1.96. The monoisotopic (exact) mass is 170 g/mol. The van der Waals surface area contributed by atoms with Crippen LogP contribution >= 0.6 is 0 Å². The zero-order chi connectivity index (χ0) is 9.14. The summed E-state index contributed by atoms with van der Waals surface area (Å²) in [5.41, 5.74) is -0.675. The van der Waals surface area contributed by atoms with E-state index in [4.69, 9.17) is 5.11 Å². The van der Waals surface area contributed by atoms with Crippen LogP contribution in [-0.2, 0) is 6.54 Å². The molecule has 0 fully saturated rings. The predicted molar refractivity (Wildman–Crippen MR) is 43.0 cm³/mol. The fourth-order valence-corrected chi connectivity index (χ4v) is 0.862. The van der Waals surface area contributed by atoms with Crippen LogP contribution in [0.4, 0.5) is 0 Å². The van der Waals surface area contributed by atoms with Crippen molar-refractivity contribution in [2.45, 2.75) is 19.6 Å². The van der Waals surface area contributed by atoms with E-state index < -0.39 is 6.10 Å². The van der Waals surface area contributed by atoms with E-state index in [1.54, 1.807) is 0 Å². The number of aliphatic hydroxyl groups is 1. The van der Waals surface area contributed by atoms with Gasteiger partial charge in [-0.15, -0.1) is 0 Å². The molecule has 0 aliphatic heterocycles. The van der Waals surface area contributed by atoms with Gasteiger partial charge in [0.05, 0.1) is 12.6 Å². The Morgan fingerprint density at radius 1 is 1.58 bits per heavy atom. The van der Waals surface area contributed by atoms with Crippen molar-refractivity contribution in [3.05, 3.63) is 32.8 Å². The van der Waals surface area contributed by atoms with Gasteiger partial charge in [0, 0.05) is 12.1 Å². The molecule has 1 unspecified atom stereocenters. The molecule has 1 aromatic rings. The first kappa shape index (κ1) is 8.73. The average molecular weight is 170 g/mol. The van der Waals surface area contributed by atoms with E-state index in [0.29, 0.717) is 0 Å². The van der Waals surface area contributed by atoms with Gasteiger partial charge in [-0.3, -0.25) is 14.7 Å². The van der Waals surface area contributed by atoms with Crippen LogP contribution in [0.2, 0.25) is 0 Å². The lowest BCUT2D eigenvalue weighted by Gasteiger charge is -2.05. The molecule has 0 aliphatic rings. The second kappa shape index (κ2) is 3.36. The quantitative estimate of drug-likeness (QED) is 0.592. The minimum absolute atomic E-state index is 0.106. The van der Waals surface area contributed by atoms with Crippen molar-refractivity contribution in [2.24, 2.45) is 0 Å². The van der Waals surface area contributed by atoms with Crippen molar-refractivity contribution in [1.29, 1.82) is 0 Å². The molecule has 1 atom stereocenters. The van der Waals surface area contributed by atoms with Crippen molar-refractivity contribution in [1.82, 2.24) is 9.78 Å². The van der Waals surface area contributed by atoms with E-state index in [1.165, 1.54) is 13.0 Å². The molecule has 1 rings (SSSR count). The molecule has 0 bridgehead atoms. The molecular formula is C7H10N2O3. The van der Waals surface area contributed by atoms with Crippen LogP contribution in [0.1, 0.15) is 6.92 Å². The number of nitrogens with zero attached hydrogens (tertiary/aromatic N) is 1. The van der Waals surface area contributed by atoms with Gasteiger partial charge < -0.3 is 5.11 Å². The fraction of sp³-hybridized carbons (Fsp3) is 0.429. The maximum absolute atomic E-state index is 11.0. The third-order valence-electron chi connectivity index (χ3n) is 1.34. The number of hydrogen-bond acceptors (Lipinski definition) is 3. The topological polar surface area (TPSA) is 75.1 Å². The molecule has 1 aromatic heterocycles. The molecule has 0 saturated heterocycles. The fourth-order valence-electron chi connectivity index (χ4n) is 0.862. The van der Waals surface area contributed by atoms with Gasteiger partial charge in [0.2, 0.25) is 0 Å². The summed E-state index contributed by atoms with van der Waals surface area (Å²) in [6, 6.07) is 2.32. The zero-order valence-electron chi connectivity index (χ0n) is 6.65. The summed E-state index contributed by atoms with van der Waals surface area (Å²) in [5.74, 6) is 0. The first-order valence-corrected chi connectivity index (χ1v) is 3.58. The highest BCUT2D eigenvalue weighted by molar-refractivity contribution is 4.85. The highest BCUT2D eigenvalue weighted by Gasteiger charge is 1.99. The molecule has 0 saturated carbocycles. The lowest BCUT2D eigenvalue weighted by molar-refractivity contribution is 0.166. The molecule has 66 valence electrons. The molecule has 0 aliphatic carbocycles. The maximum Gasteiger partial charge on any atom is 0.265 e. The molecule has 2 N–H and O–H groups in total. The largest absolute Gasteiger partial charge is 0.391 e. The van der Waals surface area contributed by atoms with Crippen molar-refractivity contribution in [3.63, 3.8) is 0 Å². The van der Waals surface area contributed by atoms with Gasteiger partial charge in [0.25, 0.3) is 11.1 Å². The Labute approximate surface area is 68.3 Å². The first-order valence-electron chi connectivity index (χ1n) is 3.58. The number of hydrogen-bond donors (Lipinski definition) is 2. The Bertz CT molecular complexity index is 363. The van der Waals surface area contributed by atoms with Gasteiger partial charge in [-0.25, -0.2) is 4.68 Å². The van der Waals surface area contributed by atoms with Crippen molar-refractivity contribution >= 4 is 0 Å². The molecule has 0 radical (unpaired) electrons. The molecular weight excluding hydrogens is 160 g/mol. The zero-order valence-corrected chi connectivity index (χ0v) is 6.65. The number of aromatic nitrogens is 2. The molecule has 12 heavy (non-hydrogen) atoms. The summed E-state index contributed by atoms with van der Waals surface area (Å²) in [7, 11) is 0. The first-order chi connectivity index (χ1) is 5.59. The standard InChI is InChI=1S/C7H10N2O3/c1-5(10)4-9-7(12)3-2-6(11)8-9/h2-3,5,10H,4H2,1H3,(H,8,11). The van der Waals surface area contributed by atoms with Crippen LogP contribution in [0, 0.1) is 0 Å². The Balaban J connectivity index is 3.06. The number of rotatable bonds is 2. The van der Waals surface area contributed by atoms with Crippen molar-refractivity contribution in [3.8, 4) is 0 Å². The normalized spacial score (nSPS) is 12.8. The summed E-state index contributed by atoms with van der Waals surface area (Å²) < 4.78 is 1.08. The SMILES string of the molecule is CC(O)Cn1[nH]c(=O)ccc1=O. The van der Waals surface area contributed by atoms with Crippen LogP contribution in [0.25, 0.3) is 0 Å². The summed E-state index contributed by atoms with van der Waals surface area (Å²) in [6.07, 6.45) is -0.652. The predicted octanol–water partition coefficient (Wildman–Crippen LogP) is -1.08. The van der Waals surface area contributed by atoms with Gasteiger partial charge in [-0.2, -0.15) is 0 Å². The van der Waals surface area contributed by atoms with Crippen molar-refractivity contribution < 1.29 is 5.11 Å². The van der Waals surface area contributed by atoms with E-state index in [1.807, 2.05) is 0 Å². The third kappa shape index (κ3) is 2.06. The Hall–Kier alpha value is -1.36.